The van der Waals surface area contributed by atoms with Crippen LogP contribution in [0.4, 0.5) is 15.3 Å². The predicted molar refractivity (Wildman–Crippen MR) is 135 cm³/mol. The molecule has 0 saturated carbocycles. The number of imide groups is 4. The van der Waals surface area contributed by atoms with Gasteiger partial charge >= 0.3 is 12.1 Å². The summed E-state index contributed by atoms with van der Waals surface area (Å²) in [4.78, 5) is 99.1. The fourth-order valence-corrected chi connectivity index (χ4v) is 5.75. The number of hydrogen-bond acceptors (Lipinski definition) is 7. The number of barbiturate groups is 2. The lowest BCUT2D eigenvalue weighted by atomic mass is 9.60. The molecule has 12 heteroatoms. The fourth-order valence-electron chi connectivity index (χ4n) is 5.75. The van der Waals surface area contributed by atoms with Crippen LogP contribution in [-0.2, 0) is 35.9 Å². The van der Waals surface area contributed by atoms with E-state index in [4.69, 9.17) is 0 Å². The van der Waals surface area contributed by atoms with E-state index >= 15 is 0 Å². The van der Waals surface area contributed by atoms with E-state index in [1.165, 1.54) is 11.0 Å². The van der Waals surface area contributed by atoms with Crippen molar-refractivity contribution < 1.29 is 33.6 Å². The first-order valence-corrected chi connectivity index (χ1v) is 12.1. The highest BCUT2D eigenvalue weighted by atomic mass is 16.2. The molecule has 0 radical (unpaired) electrons. The molecule has 2 aromatic carbocycles. The molecule has 0 aliphatic carbocycles. The minimum Gasteiger partial charge on any atom is -0.307 e. The molecule has 0 N–H and O–H groups in total. The number of fused-ring (bicyclic) bond motifs is 1. The van der Waals surface area contributed by atoms with Crippen LogP contribution in [0.2, 0.25) is 0 Å². The van der Waals surface area contributed by atoms with E-state index in [0.29, 0.717) is 30.9 Å². The minimum atomic E-state index is -2.37. The lowest BCUT2D eigenvalue weighted by Gasteiger charge is -2.46. The van der Waals surface area contributed by atoms with Crippen molar-refractivity contribution in [3.05, 3.63) is 65.7 Å². The molecular formula is C27H25N5O7. The Morgan fingerprint density at radius 1 is 0.590 bits per heavy atom. The third kappa shape index (κ3) is 3.33. The molecule has 3 aliphatic heterocycles. The van der Waals surface area contributed by atoms with Crippen LogP contribution in [-0.4, -0.2) is 89.4 Å². The number of anilines is 1. The van der Waals surface area contributed by atoms with Crippen molar-refractivity contribution in [3.8, 4) is 0 Å². The van der Waals surface area contributed by atoms with Crippen molar-refractivity contribution in [2.45, 2.75) is 12.0 Å². The van der Waals surface area contributed by atoms with Gasteiger partial charge in [0.1, 0.15) is 17.3 Å². The molecule has 2 saturated heterocycles. The Balaban J connectivity index is 1.82. The van der Waals surface area contributed by atoms with Gasteiger partial charge in [0.05, 0.1) is 6.54 Å². The fraction of sp³-hybridized carbons (Fsp3) is 0.296. The molecule has 0 bridgehead atoms. The van der Waals surface area contributed by atoms with E-state index in [9.17, 15) is 33.6 Å². The highest BCUT2D eigenvalue weighted by Crippen LogP contribution is 2.54. The highest BCUT2D eigenvalue weighted by molar-refractivity contribution is 6.27. The van der Waals surface area contributed by atoms with Gasteiger partial charge in [-0.2, -0.15) is 0 Å². The largest absolute Gasteiger partial charge is 0.332 e. The van der Waals surface area contributed by atoms with E-state index in [2.05, 4.69) is 0 Å². The molecule has 0 spiro atoms. The Hall–Kier alpha value is -4.87. The average molecular weight is 532 g/mol. The molecule has 12 nitrogen and oxygen atoms in total. The average Bonchev–Trinajstić information content (AvgIpc) is 3.17. The number of amides is 9. The number of para-hydroxylation sites is 1. The number of benzene rings is 2. The second-order valence-electron chi connectivity index (χ2n) is 9.78. The maximum Gasteiger partial charge on any atom is 0.332 e. The highest BCUT2D eigenvalue weighted by Gasteiger charge is 2.71. The molecule has 3 heterocycles. The van der Waals surface area contributed by atoms with Gasteiger partial charge in [0.15, 0.2) is 0 Å². The summed E-state index contributed by atoms with van der Waals surface area (Å²) in [6.07, 6.45) is 0. The molecule has 9 amide bonds. The molecule has 2 aromatic rings. The first-order chi connectivity index (χ1) is 18.5. The van der Waals surface area contributed by atoms with Crippen LogP contribution in [0.3, 0.4) is 0 Å². The quantitative estimate of drug-likeness (QED) is 0.533. The molecule has 0 aromatic heterocycles. The van der Waals surface area contributed by atoms with Gasteiger partial charge in [-0.25, -0.2) is 9.59 Å². The van der Waals surface area contributed by atoms with Crippen molar-refractivity contribution in [1.29, 1.82) is 0 Å². The summed E-state index contributed by atoms with van der Waals surface area (Å²) in [5.74, 6) is -8.84. The van der Waals surface area contributed by atoms with Crippen LogP contribution >= 0.6 is 0 Å². The standard InChI is InChI=1S/C27H25N5O7/c1-28-20(33)18(21(34)29(2)25(28)38)27(19-22(35)30(3)26(39)31(4)23(19)36)16-12-8-9-13-17(16)32(24(27)37)14-15-10-6-5-7-11-15/h5-13,18-19H,14H2,1-4H3. The van der Waals surface area contributed by atoms with E-state index in [0.717, 1.165) is 28.2 Å². The van der Waals surface area contributed by atoms with Gasteiger partial charge in [-0.1, -0.05) is 48.5 Å². The summed E-state index contributed by atoms with van der Waals surface area (Å²) in [5.41, 5.74) is -1.25. The van der Waals surface area contributed by atoms with Gasteiger partial charge in [-0.15, -0.1) is 0 Å². The first-order valence-electron chi connectivity index (χ1n) is 12.1. The van der Waals surface area contributed by atoms with Crippen LogP contribution in [0, 0.1) is 11.8 Å². The molecule has 5 rings (SSSR count). The van der Waals surface area contributed by atoms with Crippen molar-refractivity contribution >= 4 is 47.3 Å². The monoisotopic (exact) mass is 531 g/mol. The van der Waals surface area contributed by atoms with Crippen molar-refractivity contribution in [2.24, 2.45) is 11.8 Å². The first kappa shape index (κ1) is 25.8. The third-order valence-corrected chi connectivity index (χ3v) is 7.79. The second-order valence-corrected chi connectivity index (χ2v) is 9.78. The molecule has 39 heavy (non-hydrogen) atoms. The zero-order valence-corrected chi connectivity index (χ0v) is 21.7. The summed E-state index contributed by atoms with van der Waals surface area (Å²) < 4.78 is 0. The van der Waals surface area contributed by atoms with Gasteiger partial charge in [0.25, 0.3) is 0 Å². The Kier molecular flexibility index (Phi) is 5.85. The molecule has 0 atom stereocenters. The number of carbonyl (C=O) groups is 7. The van der Waals surface area contributed by atoms with Crippen molar-refractivity contribution in [3.63, 3.8) is 0 Å². The van der Waals surface area contributed by atoms with Crippen LogP contribution in [0.25, 0.3) is 0 Å². The van der Waals surface area contributed by atoms with Gasteiger partial charge in [-0.05, 0) is 17.2 Å². The Morgan fingerprint density at radius 2 is 1.00 bits per heavy atom. The maximum atomic E-state index is 14.7. The minimum absolute atomic E-state index is 0.0118. The van der Waals surface area contributed by atoms with Crippen LogP contribution in [0.5, 0.6) is 0 Å². The molecular weight excluding hydrogens is 506 g/mol. The van der Waals surface area contributed by atoms with Crippen molar-refractivity contribution in [2.75, 3.05) is 33.1 Å². The van der Waals surface area contributed by atoms with Crippen LogP contribution < -0.4 is 4.90 Å². The predicted octanol–water partition coefficient (Wildman–Crippen LogP) is 0.804. The molecule has 2 fully saturated rings. The van der Waals surface area contributed by atoms with Crippen LogP contribution in [0.15, 0.2) is 54.6 Å². The lowest BCUT2D eigenvalue weighted by molar-refractivity contribution is -0.163. The van der Waals surface area contributed by atoms with E-state index in [1.807, 2.05) is 0 Å². The Labute approximate surface area is 223 Å². The number of rotatable bonds is 4. The molecule has 3 aliphatic rings. The number of hydrogen-bond donors (Lipinski definition) is 0. The van der Waals surface area contributed by atoms with Gasteiger partial charge in [0.2, 0.25) is 29.5 Å². The third-order valence-electron chi connectivity index (χ3n) is 7.79. The number of carbonyl (C=O) groups excluding carboxylic acids is 7. The molecule has 200 valence electrons. The summed E-state index contributed by atoms with van der Waals surface area (Å²) in [6, 6.07) is 13.4. The normalized spacial score (nSPS) is 20.5. The van der Waals surface area contributed by atoms with E-state index in [-0.39, 0.29) is 12.1 Å². The van der Waals surface area contributed by atoms with Crippen LogP contribution in [0.1, 0.15) is 11.1 Å². The smallest absolute Gasteiger partial charge is 0.307 e. The SMILES string of the molecule is CN1C(=O)C(C2(C3C(=O)N(C)C(=O)N(C)C3=O)C(=O)N(Cc3ccccc3)c3ccccc32)C(=O)N(C)C1=O. The maximum absolute atomic E-state index is 14.7. The zero-order chi connectivity index (χ0) is 28.4. The van der Waals surface area contributed by atoms with E-state index in [1.54, 1.807) is 48.5 Å². The zero-order valence-electron chi connectivity index (χ0n) is 21.7. The van der Waals surface area contributed by atoms with E-state index < -0.39 is 58.8 Å². The topological polar surface area (TPSA) is 136 Å². The lowest BCUT2D eigenvalue weighted by Crippen LogP contribution is -2.71. The van der Waals surface area contributed by atoms with Crippen molar-refractivity contribution in [1.82, 2.24) is 19.6 Å². The summed E-state index contributed by atoms with van der Waals surface area (Å²) in [6.45, 7) is 0.0118. The molecule has 0 unspecified atom stereocenters. The summed E-state index contributed by atoms with van der Waals surface area (Å²) in [7, 11) is 4.64. The number of nitrogens with zero attached hydrogens (tertiary/aromatic N) is 5. The van der Waals surface area contributed by atoms with Gasteiger partial charge in [-0.3, -0.25) is 43.6 Å². The summed E-state index contributed by atoms with van der Waals surface area (Å²) in [5, 5.41) is 0. The Morgan fingerprint density at radius 3 is 1.46 bits per heavy atom. The van der Waals surface area contributed by atoms with Gasteiger partial charge < -0.3 is 4.90 Å². The number of urea groups is 2. The Bertz CT molecular complexity index is 1370. The summed E-state index contributed by atoms with van der Waals surface area (Å²) >= 11 is 0. The second kappa shape index (κ2) is 8.86. The van der Waals surface area contributed by atoms with Gasteiger partial charge in [0, 0.05) is 33.9 Å².